The molecule has 4 nitrogen and oxygen atoms in total. The van der Waals surface area contributed by atoms with Crippen LogP contribution in [0.2, 0.25) is 0 Å². The van der Waals surface area contributed by atoms with Crippen molar-refractivity contribution in [1.82, 2.24) is 4.98 Å². The van der Waals surface area contributed by atoms with Gasteiger partial charge in [-0.05, 0) is 18.5 Å². The lowest BCUT2D eigenvalue weighted by Gasteiger charge is -2.11. The highest BCUT2D eigenvalue weighted by atomic mass is 16.1. The van der Waals surface area contributed by atoms with Crippen molar-refractivity contribution in [2.75, 3.05) is 12.3 Å². The highest BCUT2D eigenvalue weighted by Crippen LogP contribution is 2.13. The van der Waals surface area contributed by atoms with Crippen LogP contribution in [0.3, 0.4) is 0 Å². The standard InChI is InChI=1S/C12H19N3O/c1-2-9(8-13)6-11(16)7-10-4-3-5-15-12(10)14/h3-5,9H,2,6-8,13H2,1H3,(H2,14,15). The molecule has 4 heteroatoms. The van der Waals surface area contributed by atoms with Crippen LogP contribution in [-0.4, -0.2) is 17.3 Å². The van der Waals surface area contributed by atoms with Gasteiger partial charge in [0.25, 0.3) is 0 Å². The topological polar surface area (TPSA) is 82.0 Å². The molecule has 0 radical (unpaired) electrons. The normalized spacial score (nSPS) is 12.4. The first-order valence-corrected chi connectivity index (χ1v) is 5.58. The van der Waals surface area contributed by atoms with Gasteiger partial charge < -0.3 is 11.5 Å². The Hall–Kier alpha value is -1.42. The predicted octanol–water partition coefficient (Wildman–Crippen LogP) is 1.15. The van der Waals surface area contributed by atoms with Crippen molar-refractivity contribution in [1.29, 1.82) is 0 Å². The summed E-state index contributed by atoms with van der Waals surface area (Å²) in [7, 11) is 0. The zero-order valence-corrected chi connectivity index (χ0v) is 9.65. The predicted molar refractivity (Wildman–Crippen MR) is 64.8 cm³/mol. The molecular weight excluding hydrogens is 202 g/mol. The van der Waals surface area contributed by atoms with Crippen LogP contribution < -0.4 is 11.5 Å². The fraction of sp³-hybridized carbons (Fsp3) is 0.500. The molecule has 1 unspecified atom stereocenters. The average Bonchev–Trinajstić information content (AvgIpc) is 2.29. The molecule has 0 fully saturated rings. The van der Waals surface area contributed by atoms with E-state index in [2.05, 4.69) is 4.98 Å². The molecular formula is C12H19N3O. The van der Waals surface area contributed by atoms with Crippen LogP contribution in [0.4, 0.5) is 5.82 Å². The molecule has 1 aromatic rings. The van der Waals surface area contributed by atoms with Gasteiger partial charge in [0.1, 0.15) is 11.6 Å². The second-order valence-corrected chi connectivity index (χ2v) is 3.98. The van der Waals surface area contributed by atoms with E-state index in [9.17, 15) is 4.79 Å². The molecule has 88 valence electrons. The van der Waals surface area contributed by atoms with E-state index in [1.54, 1.807) is 12.3 Å². The lowest BCUT2D eigenvalue weighted by atomic mass is 9.96. The summed E-state index contributed by atoms with van der Waals surface area (Å²) in [6.07, 6.45) is 3.44. The smallest absolute Gasteiger partial charge is 0.137 e. The maximum absolute atomic E-state index is 11.8. The minimum absolute atomic E-state index is 0.178. The molecule has 0 amide bonds. The highest BCUT2D eigenvalue weighted by molar-refractivity contribution is 5.82. The number of carbonyl (C=O) groups is 1. The lowest BCUT2D eigenvalue weighted by Crippen LogP contribution is -2.18. The number of pyridine rings is 1. The maximum atomic E-state index is 11.8. The van der Waals surface area contributed by atoms with Gasteiger partial charge in [-0.2, -0.15) is 0 Å². The van der Waals surface area contributed by atoms with Crippen molar-refractivity contribution in [2.45, 2.75) is 26.2 Å². The van der Waals surface area contributed by atoms with E-state index in [0.717, 1.165) is 12.0 Å². The Morgan fingerprint density at radius 2 is 2.31 bits per heavy atom. The molecule has 4 N–H and O–H groups in total. The molecule has 0 spiro atoms. The molecule has 1 rings (SSSR count). The molecule has 0 aliphatic carbocycles. The van der Waals surface area contributed by atoms with E-state index >= 15 is 0 Å². The summed E-state index contributed by atoms with van der Waals surface area (Å²) in [4.78, 5) is 15.7. The zero-order valence-electron chi connectivity index (χ0n) is 9.65. The number of carbonyl (C=O) groups excluding carboxylic acids is 1. The van der Waals surface area contributed by atoms with Gasteiger partial charge in [-0.15, -0.1) is 0 Å². The van der Waals surface area contributed by atoms with Gasteiger partial charge in [0.05, 0.1) is 0 Å². The summed E-state index contributed by atoms with van der Waals surface area (Å²) >= 11 is 0. The van der Waals surface area contributed by atoms with E-state index in [0.29, 0.717) is 25.2 Å². The molecule has 0 saturated carbocycles. The highest BCUT2D eigenvalue weighted by Gasteiger charge is 2.12. The summed E-state index contributed by atoms with van der Waals surface area (Å²) in [6, 6.07) is 3.63. The Labute approximate surface area is 96.0 Å². The van der Waals surface area contributed by atoms with Gasteiger partial charge in [0, 0.05) is 24.6 Å². The lowest BCUT2D eigenvalue weighted by molar-refractivity contribution is -0.119. The number of rotatable bonds is 6. The average molecular weight is 221 g/mol. The van der Waals surface area contributed by atoms with Gasteiger partial charge in [0.15, 0.2) is 0 Å². The Bertz CT molecular complexity index is 348. The quantitative estimate of drug-likeness (QED) is 0.755. The van der Waals surface area contributed by atoms with Crippen molar-refractivity contribution in [3.05, 3.63) is 23.9 Å². The first-order chi connectivity index (χ1) is 7.67. The number of hydrogen-bond donors (Lipinski definition) is 2. The third-order valence-corrected chi connectivity index (χ3v) is 2.74. The van der Waals surface area contributed by atoms with Crippen molar-refractivity contribution in [3.63, 3.8) is 0 Å². The first kappa shape index (κ1) is 12.6. The summed E-state index contributed by atoms with van der Waals surface area (Å²) in [5.41, 5.74) is 12.0. The molecule has 1 aromatic heterocycles. The van der Waals surface area contributed by atoms with Crippen LogP contribution in [0.25, 0.3) is 0 Å². The minimum atomic E-state index is 0.178. The molecule has 0 bridgehead atoms. The molecule has 0 aliphatic rings. The molecule has 0 aromatic carbocycles. The van der Waals surface area contributed by atoms with Crippen LogP contribution in [0.1, 0.15) is 25.3 Å². The molecule has 1 atom stereocenters. The maximum Gasteiger partial charge on any atom is 0.137 e. The fourth-order valence-corrected chi connectivity index (χ4v) is 1.60. The fourth-order valence-electron chi connectivity index (χ4n) is 1.60. The van der Waals surface area contributed by atoms with Gasteiger partial charge in [-0.3, -0.25) is 4.79 Å². The molecule has 0 saturated heterocycles. The van der Waals surface area contributed by atoms with Gasteiger partial charge in [-0.1, -0.05) is 19.4 Å². The number of aromatic nitrogens is 1. The number of ketones is 1. The minimum Gasteiger partial charge on any atom is -0.383 e. The first-order valence-electron chi connectivity index (χ1n) is 5.58. The van der Waals surface area contributed by atoms with E-state index in [-0.39, 0.29) is 11.7 Å². The number of anilines is 1. The van der Waals surface area contributed by atoms with Crippen LogP contribution in [0.5, 0.6) is 0 Å². The monoisotopic (exact) mass is 221 g/mol. The Morgan fingerprint density at radius 1 is 1.56 bits per heavy atom. The van der Waals surface area contributed by atoms with Gasteiger partial charge in [-0.25, -0.2) is 4.98 Å². The molecule has 1 heterocycles. The van der Waals surface area contributed by atoms with Crippen molar-refractivity contribution < 1.29 is 4.79 Å². The van der Waals surface area contributed by atoms with E-state index in [4.69, 9.17) is 11.5 Å². The van der Waals surface area contributed by atoms with Crippen molar-refractivity contribution in [3.8, 4) is 0 Å². The van der Waals surface area contributed by atoms with Crippen LogP contribution in [0, 0.1) is 5.92 Å². The summed E-state index contributed by atoms with van der Waals surface area (Å²) in [5.74, 6) is 0.902. The SMILES string of the molecule is CCC(CN)CC(=O)Cc1cccnc1N. The van der Waals surface area contributed by atoms with Crippen molar-refractivity contribution >= 4 is 11.6 Å². The second kappa shape index (κ2) is 6.23. The van der Waals surface area contributed by atoms with E-state index in [1.165, 1.54) is 0 Å². The van der Waals surface area contributed by atoms with E-state index in [1.807, 2.05) is 13.0 Å². The van der Waals surface area contributed by atoms with Gasteiger partial charge in [0.2, 0.25) is 0 Å². The number of hydrogen-bond acceptors (Lipinski definition) is 4. The third-order valence-electron chi connectivity index (χ3n) is 2.74. The number of nitrogen functional groups attached to an aromatic ring is 1. The Kier molecular flexibility index (Phi) is 4.92. The molecule has 0 aliphatic heterocycles. The summed E-state index contributed by atoms with van der Waals surface area (Å²) in [5, 5.41) is 0. The second-order valence-electron chi connectivity index (χ2n) is 3.98. The van der Waals surface area contributed by atoms with Crippen LogP contribution in [-0.2, 0) is 11.2 Å². The number of Topliss-reactive ketones (excluding diaryl/α,β-unsaturated/α-hetero) is 1. The third kappa shape index (κ3) is 3.62. The Balaban J connectivity index is 2.55. The zero-order chi connectivity index (χ0) is 12.0. The van der Waals surface area contributed by atoms with Crippen LogP contribution >= 0.6 is 0 Å². The Morgan fingerprint density at radius 3 is 2.88 bits per heavy atom. The molecule has 16 heavy (non-hydrogen) atoms. The summed E-state index contributed by atoms with van der Waals surface area (Å²) in [6.45, 7) is 2.61. The summed E-state index contributed by atoms with van der Waals surface area (Å²) < 4.78 is 0. The largest absolute Gasteiger partial charge is 0.383 e. The van der Waals surface area contributed by atoms with Crippen LogP contribution in [0.15, 0.2) is 18.3 Å². The van der Waals surface area contributed by atoms with Gasteiger partial charge >= 0.3 is 0 Å². The number of nitrogens with zero attached hydrogens (tertiary/aromatic N) is 1. The van der Waals surface area contributed by atoms with E-state index < -0.39 is 0 Å². The van der Waals surface area contributed by atoms with Crippen molar-refractivity contribution in [2.24, 2.45) is 11.7 Å². The number of nitrogens with two attached hydrogens (primary N) is 2.